The fraction of sp³-hybridized carbons (Fsp3) is 0.538. The van der Waals surface area contributed by atoms with E-state index in [2.05, 4.69) is 0 Å². The van der Waals surface area contributed by atoms with Gasteiger partial charge in [0.1, 0.15) is 5.75 Å². The zero-order valence-electron chi connectivity index (χ0n) is 11.8. The molecule has 0 amide bonds. The van der Waals surface area contributed by atoms with Gasteiger partial charge >= 0.3 is 12.4 Å². The van der Waals surface area contributed by atoms with E-state index >= 15 is 0 Å². The number of halogens is 6. The van der Waals surface area contributed by atoms with E-state index in [1.54, 1.807) is 21.7 Å². The van der Waals surface area contributed by atoms with Crippen molar-refractivity contribution in [2.24, 2.45) is 0 Å². The largest absolute Gasteiger partial charge is 0.497 e. The van der Waals surface area contributed by atoms with Crippen molar-refractivity contribution in [3.8, 4) is 5.75 Å². The molecular weight excluding hydrogens is 297 g/mol. The van der Waals surface area contributed by atoms with Crippen LogP contribution < -0.4 is 4.74 Å². The van der Waals surface area contributed by atoms with E-state index < -0.39 is 34.7 Å². The van der Waals surface area contributed by atoms with Gasteiger partial charge in [0.05, 0.1) is 16.6 Å². The third-order valence-electron chi connectivity index (χ3n) is 3.42. The highest BCUT2D eigenvalue weighted by molar-refractivity contribution is 6.14. The summed E-state index contributed by atoms with van der Waals surface area (Å²) in [5.41, 5.74) is -3.56. The van der Waals surface area contributed by atoms with E-state index in [9.17, 15) is 26.3 Å². The molecule has 0 bridgehead atoms. The van der Waals surface area contributed by atoms with E-state index in [0.717, 1.165) is 0 Å². The van der Waals surface area contributed by atoms with Crippen LogP contribution in [0.1, 0.15) is 37.8 Å². The third-order valence-corrected chi connectivity index (χ3v) is 3.42. The maximum absolute atomic E-state index is 12.7. The second-order valence-electron chi connectivity index (χ2n) is 5.00. The average Bonchev–Trinajstić information content (AvgIpc) is 2.36. The molecule has 0 radical (unpaired) electrons. The van der Waals surface area contributed by atoms with Crippen LogP contribution in [0.5, 0.6) is 5.75 Å². The van der Waals surface area contributed by atoms with Gasteiger partial charge in [0.15, 0.2) is 7.85 Å². The maximum Gasteiger partial charge on any atom is 0.416 e. The summed E-state index contributed by atoms with van der Waals surface area (Å²) in [6, 6.07) is 1.28. The number of rotatable bonds is 4. The van der Waals surface area contributed by atoms with Crippen molar-refractivity contribution in [1.29, 1.82) is 0 Å². The molecule has 1 aromatic carbocycles. The van der Waals surface area contributed by atoms with Crippen LogP contribution in [0.2, 0.25) is 0 Å². The lowest BCUT2D eigenvalue weighted by atomic mass is 9.77. The molecule has 1 aromatic rings. The van der Waals surface area contributed by atoms with Crippen LogP contribution in [0.4, 0.5) is 26.3 Å². The highest BCUT2D eigenvalue weighted by Gasteiger charge is 2.37. The van der Waals surface area contributed by atoms with Gasteiger partial charge in [-0.1, -0.05) is 13.8 Å². The molecule has 1 rings (SSSR count). The van der Waals surface area contributed by atoms with Gasteiger partial charge in [-0.3, -0.25) is 0 Å². The SMILES string of the molecule is BC(CC)(CC)Oc1cc(C(F)(F)F)cc(C(F)(F)F)c1. The summed E-state index contributed by atoms with van der Waals surface area (Å²) in [4.78, 5) is 0. The molecule has 118 valence electrons. The van der Waals surface area contributed by atoms with Gasteiger partial charge in [0, 0.05) is 0 Å². The van der Waals surface area contributed by atoms with Gasteiger partial charge in [0.2, 0.25) is 0 Å². The monoisotopic (exact) mass is 312 g/mol. The summed E-state index contributed by atoms with van der Waals surface area (Å²) in [7, 11) is 1.64. The minimum atomic E-state index is -4.87. The normalized spacial score (nSPS) is 13.3. The van der Waals surface area contributed by atoms with Gasteiger partial charge in [-0.15, -0.1) is 0 Å². The average molecular weight is 312 g/mol. The number of hydrogen-bond acceptors (Lipinski definition) is 1. The van der Waals surface area contributed by atoms with E-state index in [1.807, 2.05) is 0 Å². The quantitative estimate of drug-likeness (QED) is 0.596. The molecule has 0 unspecified atom stereocenters. The van der Waals surface area contributed by atoms with E-state index in [0.29, 0.717) is 25.0 Å². The second kappa shape index (κ2) is 5.81. The minimum Gasteiger partial charge on any atom is -0.497 e. The summed E-state index contributed by atoms with van der Waals surface area (Å²) in [6.45, 7) is 3.50. The predicted molar refractivity (Wildman–Crippen MR) is 68.9 cm³/mol. The standard InChI is InChI=1S/C13H15BF6O/c1-3-11(14,4-2)21-10-6-8(12(15,16)17)5-9(7-10)13(18,19)20/h5-7H,3-4,14H2,1-2H3. The van der Waals surface area contributed by atoms with Crippen molar-refractivity contribution in [2.45, 2.75) is 44.5 Å². The van der Waals surface area contributed by atoms with Gasteiger partial charge in [-0.25, -0.2) is 0 Å². The first-order valence-corrected chi connectivity index (χ1v) is 6.40. The summed E-state index contributed by atoms with van der Waals surface area (Å²) >= 11 is 0. The minimum absolute atomic E-state index is 0.0854. The van der Waals surface area contributed by atoms with Crippen molar-refractivity contribution in [3.05, 3.63) is 29.3 Å². The Morgan fingerprint density at radius 1 is 0.857 bits per heavy atom. The van der Waals surface area contributed by atoms with E-state index in [1.165, 1.54) is 0 Å². The molecule has 0 aliphatic heterocycles. The zero-order chi connectivity index (χ0) is 16.5. The Morgan fingerprint density at radius 3 is 1.52 bits per heavy atom. The summed E-state index contributed by atoms with van der Waals surface area (Å²) in [5, 5.41) is 0. The fourth-order valence-electron chi connectivity index (χ4n) is 1.66. The van der Waals surface area contributed by atoms with Crippen LogP contribution in [0.15, 0.2) is 18.2 Å². The Morgan fingerprint density at radius 2 is 1.24 bits per heavy atom. The van der Waals surface area contributed by atoms with Gasteiger partial charge in [0.25, 0.3) is 0 Å². The third kappa shape index (κ3) is 4.57. The van der Waals surface area contributed by atoms with Crippen LogP contribution in [0.3, 0.4) is 0 Å². The van der Waals surface area contributed by atoms with Crippen LogP contribution >= 0.6 is 0 Å². The lowest BCUT2D eigenvalue weighted by molar-refractivity contribution is -0.143. The first-order valence-electron chi connectivity index (χ1n) is 6.40. The van der Waals surface area contributed by atoms with Gasteiger partial charge < -0.3 is 4.74 Å². The Labute approximate surface area is 119 Å². The Hall–Kier alpha value is -1.34. The van der Waals surface area contributed by atoms with Crippen LogP contribution in [-0.2, 0) is 12.4 Å². The zero-order valence-corrected chi connectivity index (χ0v) is 11.8. The molecule has 21 heavy (non-hydrogen) atoms. The van der Waals surface area contributed by atoms with Gasteiger partial charge in [-0.2, -0.15) is 26.3 Å². The van der Waals surface area contributed by atoms with Gasteiger partial charge in [-0.05, 0) is 31.0 Å². The van der Waals surface area contributed by atoms with Crippen molar-refractivity contribution in [1.82, 2.24) is 0 Å². The van der Waals surface area contributed by atoms with E-state index in [-0.39, 0.29) is 6.07 Å². The summed E-state index contributed by atoms with van der Waals surface area (Å²) in [5.74, 6) is -0.427. The molecular formula is C13H15BF6O. The summed E-state index contributed by atoms with van der Waals surface area (Å²) < 4.78 is 81.6. The molecule has 0 atom stereocenters. The van der Waals surface area contributed by atoms with Crippen molar-refractivity contribution in [2.75, 3.05) is 0 Å². The first kappa shape index (κ1) is 17.7. The Kier molecular flexibility index (Phi) is 4.90. The molecule has 0 aromatic heterocycles. The predicted octanol–water partition coefficient (Wildman–Crippen LogP) is 4.25. The Bertz CT molecular complexity index is 458. The van der Waals surface area contributed by atoms with Crippen LogP contribution in [0, 0.1) is 0 Å². The molecule has 0 fully saturated rings. The van der Waals surface area contributed by atoms with Crippen molar-refractivity contribution in [3.63, 3.8) is 0 Å². The summed E-state index contributed by atoms with van der Waals surface area (Å²) in [6.07, 6.45) is -8.81. The lowest BCUT2D eigenvalue weighted by Gasteiger charge is -2.29. The lowest BCUT2D eigenvalue weighted by Crippen LogP contribution is -2.35. The molecule has 8 heteroatoms. The molecule has 0 spiro atoms. The topological polar surface area (TPSA) is 9.23 Å². The van der Waals surface area contributed by atoms with Crippen LogP contribution in [-0.4, -0.2) is 13.3 Å². The highest BCUT2D eigenvalue weighted by atomic mass is 19.4. The van der Waals surface area contributed by atoms with Crippen molar-refractivity contribution < 1.29 is 31.1 Å². The second-order valence-corrected chi connectivity index (χ2v) is 5.00. The highest BCUT2D eigenvalue weighted by Crippen LogP contribution is 2.39. The fourth-order valence-corrected chi connectivity index (χ4v) is 1.66. The molecule has 0 heterocycles. The molecule has 0 aliphatic rings. The molecule has 0 N–H and O–H groups in total. The van der Waals surface area contributed by atoms with Crippen LogP contribution in [0.25, 0.3) is 0 Å². The number of hydrogen-bond donors (Lipinski definition) is 0. The Balaban J connectivity index is 3.33. The molecule has 0 saturated heterocycles. The number of ether oxygens (including phenoxy) is 1. The first-order chi connectivity index (χ1) is 9.41. The van der Waals surface area contributed by atoms with Crippen molar-refractivity contribution >= 4 is 7.85 Å². The molecule has 0 aliphatic carbocycles. The maximum atomic E-state index is 12.7. The molecule has 1 nitrogen and oxygen atoms in total. The number of alkyl halides is 6. The molecule has 0 saturated carbocycles. The number of benzene rings is 1. The smallest absolute Gasteiger partial charge is 0.416 e. The van der Waals surface area contributed by atoms with E-state index in [4.69, 9.17) is 4.74 Å².